The van der Waals surface area contributed by atoms with Gasteiger partial charge in [-0.2, -0.15) is 13.2 Å². The zero-order valence-corrected chi connectivity index (χ0v) is 12.3. The van der Waals surface area contributed by atoms with Crippen molar-refractivity contribution >= 4 is 11.8 Å². The number of nitrogens with zero attached hydrogens (tertiary/aromatic N) is 4. The summed E-state index contributed by atoms with van der Waals surface area (Å²) >= 11 is 0. The van der Waals surface area contributed by atoms with E-state index in [4.69, 9.17) is 4.74 Å². The van der Waals surface area contributed by atoms with E-state index in [9.17, 15) is 23.1 Å². The lowest BCUT2D eigenvalue weighted by atomic mass is 10.2. The van der Waals surface area contributed by atoms with Crippen LogP contribution in [0.5, 0.6) is 0 Å². The average molecular weight is 342 g/mol. The van der Waals surface area contributed by atoms with Crippen LogP contribution in [0.15, 0.2) is 24.3 Å². The lowest BCUT2D eigenvalue weighted by Gasteiger charge is -2.26. The second kappa shape index (κ2) is 6.11. The van der Waals surface area contributed by atoms with E-state index in [2.05, 4.69) is 10.2 Å². The van der Waals surface area contributed by atoms with E-state index in [1.165, 1.54) is 18.2 Å². The molecule has 0 amide bonds. The predicted octanol–water partition coefficient (Wildman–Crippen LogP) is 1.82. The molecule has 1 saturated heterocycles. The number of hydrogen-bond acceptors (Lipinski definition) is 5. The number of aromatic carboxylic acids is 1. The Labute approximate surface area is 134 Å². The van der Waals surface area contributed by atoms with Crippen molar-refractivity contribution in [1.82, 2.24) is 15.0 Å². The number of carbonyl (C=O) groups is 1. The Morgan fingerprint density at radius 3 is 2.46 bits per heavy atom. The summed E-state index contributed by atoms with van der Waals surface area (Å²) in [4.78, 5) is 13.7. The number of morpholine rings is 1. The van der Waals surface area contributed by atoms with Gasteiger partial charge in [0.2, 0.25) is 5.69 Å². The number of aromatic nitrogens is 3. The van der Waals surface area contributed by atoms with Crippen molar-refractivity contribution in [2.45, 2.75) is 6.18 Å². The number of para-hydroxylation sites is 1. The molecule has 1 aliphatic rings. The molecule has 0 atom stereocenters. The molecule has 1 aliphatic heterocycles. The summed E-state index contributed by atoms with van der Waals surface area (Å²) in [5.74, 6) is -1.32. The molecular weight excluding hydrogens is 329 g/mol. The maximum atomic E-state index is 13.1. The van der Waals surface area contributed by atoms with Crippen molar-refractivity contribution in [2.24, 2.45) is 0 Å². The van der Waals surface area contributed by atoms with E-state index in [-0.39, 0.29) is 11.5 Å². The third-order valence-corrected chi connectivity index (χ3v) is 3.53. The van der Waals surface area contributed by atoms with Gasteiger partial charge < -0.3 is 14.7 Å². The number of hydrogen-bond donors (Lipinski definition) is 1. The molecule has 0 radical (unpaired) electrons. The van der Waals surface area contributed by atoms with Crippen molar-refractivity contribution < 1.29 is 27.8 Å². The van der Waals surface area contributed by atoms with Gasteiger partial charge in [-0.05, 0) is 12.1 Å². The first-order valence-electron chi connectivity index (χ1n) is 7.08. The first-order chi connectivity index (χ1) is 11.4. The summed E-state index contributed by atoms with van der Waals surface area (Å²) in [5.41, 5.74) is -1.66. The highest BCUT2D eigenvalue weighted by atomic mass is 19.4. The SMILES string of the molecule is O=C(O)c1nn(-c2ccccc2C(F)(F)F)nc1N1CCOCC1. The zero-order valence-electron chi connectivity index (χ0n) is 12.3. The Hall–Kier alpha value is -2.62. The first kappa shape index (κ1) is 16.2. The van der Waals surface area contributed by atoms with Crippen LogP contribution < -0.4 is 4.90 Å². The predicted molar refractivity (Wildman–Crippen MR) is 76.4 cm³/mol. The molecule has 128 valence electrons. The summed E-state index contributed by atoms with van der Waals surface area (Å²) in [5, 5.41) is 17.0. The standard InChI is InChI=1S/C14H13F3N4O3/c15-14(16,17)9-3-1-2-4-10(9)21-18-11(13(22)23)12(19-21)20-5-7-24-8-6-20/h1-4H,5-8H2,(H,22,23). The number of ether oxygens (including phenoxy) is 1. The van der Waals surface area contributed by atoms with Gasteiger partial charge >= 0.3 is 12.1 Å². The largest absolute Gasteiger partial charge is 0.476 e. The molecule has 2 aromatic rings. The molecule has 0 spiro atoms. The molecule has 0 unspecified atom stereocenters. The normalized spacial score (nSPS) is 15.5. The third kappa shape index (κ3) is 3.04. The summed E-state index contributed by atoms with van der Waals surface area (Å²) in [6.07, 6.45) is -4.60. The summed E-state index contributed by atoms with van der Waals surface area (Å²) in [7, 11) is 0. The molecule has 1 aromatic heterocycles. The summed E-state index contributed by atoms with van der Waals surface area (Å²) in [6.45, 7) is 1.54. The van der Waals surface area contributed by atoms with Gasteiger partial charge in [-0.25, -0.2) is 4.79 Å². The minimum atomic E-state index is -4.60. The van der Waals surface area contributed by atoms with Crippen LogP contribution in [0.3, 0.4) is 0 Å². The monoisotopic (exact) mass is 342 g/mol. The second-order valence-electron chi connectivity index (χ2n) is 5.08. The van der Waals surface area contributed by atoms with Crippen LogP contribution in [-0.4, -0.2) is 52.4 Å². The lowest BCUT2D eigenvalue weighted by Crippen LogP contribution is -2.37. The van der Waals surface area contributed by atoms with Crippen LogP contribution >= 0.6 is 0 Å². The van der Waals surface area contributed by atoms with Crippen molar-refractivity contribution in [1.29, 1.82) is 0 Å². The van der Waals surface area contributed by atoms with Gasteiger partial charge in [-0.15, -0.1) is 15.0 Å². The molecule has 24 heavy (non-hydrogen) atoms. The van der Waals surface area contributed by atoms with Crippen molar-refractivity contribution in [3.05, 3.63) is 35.5 Å². The molecule has 2 heterocycles. The highest BCUT2D eigenvalue weighted by molar-refractivity contribution is 5.91. The Morgan fingerprint density at radius 1 is 1.17 bits per heavy atom. The van der Waals surface area contributed by atoms with E-state index >= 15 is 0 Å². The Kier molecular flexibility index (Phi) is 4.14. The molecule has 0 bridgehead atoms. The first-order valence-corrected chi connectivity index (χ1v) is 7.08. The van der Waals surface area contributed by atoms with Gasteiger partial charge in [-0.1, -0.05) is 12.1 Å². The molecule has 0 aliphatic carbocycles. The van der Waals surface area contributed by atoms with Gasteiger partial charge in [0.15, 0.2) is 5.82 Å². The zero-order chi connectivity index (χ0) is 17.3. The van der Waals surface area contributed by atoms with Gasteiger partial charge in [0.1, 0.15) is 0 Å². The Bertz CT molecular complexity index is 754. The van der Waals surface area contributed by atoms with Gasteiger partial charge in [0.05, 0.1) is 24.5 Å². The number of carboxylic acids is 1. The minimum Gasteiger partial charge on any atom is -0.476 e. The number of alkyl halides is 3. The van der Waals surface area contributed by atoms with Crippen molar-refractivity contribution in [3.8, 4) is 5.69 Å². The van der Waals surface area contributed by atoms with E-state index < -0.39 is 23.4 Å². The van der Waals surface area contributed by atoms with E-state index in [1.54, 1.807) is 4.90 Å². The van der Waals surface area contributed by atoms with Crippen molar-refractivity contribution in [3.63, 3.8) is 0 Å². The molecular formula is C14H13F3N4O3. The van der Waals surface area contributed by atoms with Crippen LogP contribution in [-0.2, 0) is 10.9 Å². The molecule has 0 saturated carbocycles. The van der Waals surface area contributed by atoms with Crippen LogP contribution in [0.25, 0.3) is 5.69 Å². The average Bonchev–Trinajstić information content (AvgIpc) is 3.00. The maximum Gasteiger partial charge on any atom is 0.418 e. The molecule has 1 aromatic carbocycles. The molecule has 7 nitrogen and oxygen atoms in total. The van der Waals surface area contributed by atoms with E-state index in [1.807, 2.05) is 0 Å². The van der Waals surface area contributed by atoms with Gasteiger partial charge in [-0.3, -0.25) is 0 Å². The summed E-state index contributed by atoms with van der Waals surface area (Å²) < 4.78 is 44.6. The number of rotatable bonds is 3. The smallest absolute Gasteiger partial charge is 0.418 e. The highest BCUT2D eigenvalue weighted by Gasteiger charge is 2.35. The maximum absolute atomic E-state index is 13.1. The fourth-order valence-electron chi connectivity index (χ4n) is 2.42. The van der Waals surface area contributed by atoms with E-state index in [0.717, 1.165) is 10.9 Å². The fraction of sp³-hybridized carbons (Fsp3) is 0.357. The number of anilines is 1. The molecule has 10 heteroatoms. The van der Waals surface area contributed by atoms with Crippen LogP contribution in [0.2, 0.25) is 0 Å². The molecule has 1 N–H and O–H groups in total. The highest BCUT2D eigenvalue weighted by Crippen LogP contribution is 2.33. The quantitative estimate of drug-likeness (QED) is 0.916. The van der Waals surface area contributed by atoms with Crippen molar-refractivity contribution in [2.75, 3.05) is 31.2 Å². The number of halogens is 3. The van der Waals surface area contributed by atoms with Gasteiger partial charge in [0.25, 0.3) is 0 Å². The Morgan fingerprint density at radius 2 is 1.83 bits per heavy atom. The number of benzene rings is 1. The number of carboxylic acid groups (broad SMARTS) is 1. The lowest BCUT2D eigenvalue weighted by molar-refractivity contribution is -0.137. The second-order valence-corrected chi connectivity index (χ2v) is 5.08. The van der Waals surface area contributed by atoms with E-state index in [0.29, 0.717) is 26.3 Å². The van der Waals surface area contributed by atoms with Crippen LogP contribution in [0, 0.1) is 0 Å². The Balaban J connectivity index is 2.09. The van der Waals surface area contributed by atoms with Crippen LogP contribution in [0.4, 0.5) is 19.0 Å². The fourth-order valence-corrected chi connectivity index (χ4v) is 2.42. The minimum absolute atomic E-state index is 0.0303. The van der Waals surface area contributed by atoms with Crippen LogP contribution in [0.1, 0.15) is 16.1 Å². The third-order valence-electron chi connectivity index (χ3n) is 3.53. The topological polar surface area (TPSA) is 80.5 Å². The summed E-state index contributed by atoms with van der Waals surface area (Å²) in [6, 6.07) is 4.74. The van der Waals surface area contributed by atoms with Gasteiger partial charge in [0, 0.05) is 13.1 Å². The molecule has 1 fully saturated rings. The molecule has 3 rings (SSSR count).